The number of rotatable bonds is 3. The third-order valence-corrected chi connectivity index (χ3v) is 3.31. The Labute approximate surface area is 114 Å². The highest BCUT2D eigenvalue weighted by Crippen LogP contribution is 2.24. The first kappa shape index (κ1) is 12.6. The van der Waals surface area contributed by atoms with Crippen LogP contribution in [0.5, 0.6) is 0 Å². The van der Waals surface area contributed by atoms with E-state index in [1.54, 1.807) is 6.20 Å². The summed E-state index contributed by atoms with van der Waals surface area (Å²) in [5.41, 5.74) is 7.17. The number of nitrogens with two attached hydrogens (primary N) is 1. The van der Waals surface area contributed by atoms with Gasteiger partial charge in [-0.3, -0.25) is 0 Å². The SMILES string of the molecule is Cn1ccnc1CC(N)c1cc(Cl)cc(Br)c1. The van der Waals surface area contributed by atoms with Crippen molar-refractivity contribution in [3.05, 3.63) is 51.5 Å². The van der Waals surface area contributed by atoms with Gasteiger partial charge in [-0.1, -0.05) is 27.5 Å². The van der Waals surface area contributed by atoms with Crippen LogP contribution in [0.2, 0.25) is 5.02 Å². The van der Waals surface area contributed by atoms with Gasteiger partial charge < -0.3 is 10.3 Å². The van der Waals surface area contributed by atoms with Crippen LogP contribution in [0.3, 0.4) is 0 Å². The van der Waals surface area contributed by atoms with Crippen molar-refractivity contribution < 1.29 is 0 Å². The number of benzene rings is 1. The Morgan fingerprint density at radius 1 is 1.47 bits per heavy atom. The molecule has 0 aliphatic heterocycles. The Morgan fingerprint density at radius 2 is 2.24 bits per heavy atom. The molecule has 2 N–H and O–H groups in total. The Kier molecular flexibility index (Phi) is 3.86. The molecule has 90 valence electrons. The number of hydrogen-bond donors (Lipinski definition) is 1. The zero-order chi connectivity index (χ0) is 12.4. The molecule has 0 spiro atoms. The van der Waals surface area contributed by atoms with Crippen molar-refractivity contribution in [2.75, 3.05) is 0 Å². The van der Waals surface area contributed by atoms with E-state index in [9.17, 15) is 0 Å². The highest BCUT2D eigenvalue weighted by Gasteiger charge is 2.11. The van der Waals surface area contributed by atoms with Crippen molar-refractivity contribution in [2.24, 2.45) is 12.8 Å². The second-order valence-corrected chi connectivity index (χ2v) is 5.32. The molecule has 0 radical (unpaired) electrons. The molecular formula is C12H13BrClN3. The fourth-order valence-corrected chi connectivity index (χ4v) is 2.58. The van der Waals surface area contributed by atoms with Gasteiger partial charge in [0.25, 0.3) is 0 Å². The molecule has 0 aliphatic carbocycles. The maximum absolute atomic E-state index is 6.16. The van der Waals surface area contributed by atoms with Gasteiger partial charge in [0, 0.05) is 41.4 Å². The Hall–Kier alpha value is -0.840. The fourth-order valence-electron chi connectivity index (χ4n) is 1.70. The predicted octanol–water partition coefficient (Wildman–Crippen LogP) is 3.08. The minimum absolute atomic E-state index is 0.105. The van der Waals surface area contributed by atoms with Crippen LogP contribution in [-0.4, -0.2) is 9.55 Å². The van der Waals surface area contributed by atoms with Gasteiger partial charge in [0.1, 0.15) is 5.82 Å². The molecule has 0 bridgehead atoms. The zero-order valence-electron chi connectivity index (χ0n) is 9.40. The third-order valence-electron chi connectivity index (χ3n) is 2.64. The van der Waals surface area contributed by atoms with Crippen molar-refractivity contribution in [1.82, 2.24) is 9.55 Å². The van der Waals surface area contributed by atoms with Crippen molar-refractivity contribution in [3.8, 4) is 0 Å². The van der Waals surface area contributed by atoms with Crippen molar-refractivity contribution in [1.29, 1.82) is 0 Å². The monoisotopic (exact) mass is 313 g/mol. The van der Waals surface area contributed by atoms with Crippen LogP contribution < -0.4 is 5.73 Å². The minimum Gasteiger partial charge on any atom is -0.338 e. The first-order valence-corrected chi connectivity index (χ1v) is 6.41. The Balaban J connectivity index is 2.20. The van der Waals surface area contributed by atoms with Gasteiger partial charge in [-0.25, -0.2) is 4.98 Å². The lowest BCUT2D eigenvalue weighted by Crippen LogP contribution is -2.15. The average Bonchev–Trinajstić information content (AvgIpc) is 2.63. The van der Waals surface area contributed by atoms with E-state index in [1.165, 1.54) is 0 Å². The van der Waals surface area contributed by atoms with E-state index in [-0.39, 0.29) is 6.04 Å². The molecule has 2 aromatic rings. The number of nitrogens with zero attached hydrogens (tertiary/aromatic N) is 2. The number of halogens is 2. The molecule has 1 unspecified atom stereocenters. The summed E-state index contributed by atoms with van der Waals surface area (Å²) in [6.07, 6.45) is 4.38. The molecule has 3 nitrogen and oxygen atoms in total. The van der Waals surface area contributed by atoms with Crippen LogP contribution in [0.15, 0.2) is 35.1 Å². The molecule has 1 heterocycles. The first-order valence-electron chi connectivity index (χ1n) is 5.24. The molecule has 0 fully saturated rings. The summed E-state index contributed by atoms with van der Waals surface area (Å²) in [4.78, 5) is 4.26. The molecule has 0 saturated carbocycles. The van der Waals surface area contributed by atoms with E-state index in [2.05, 4.69) is 20.9 Å². The van der Waals surface area contributed by atoms with Gasteiger partial charge in [0.2, 0.25) is 0 Å². The van der Waals surface area contributed by atoms with Crippen LogP contribution in [0.25, 0.3) is 0 Å². The Morgan fingerprint density at radius 3 is 2.82 bits per heavy atom. The summed E-state index contributed by atoms with van der Waals surface area (Å²) < 4.78 is 2.91. The number of aryl methyl sites for hydroxylation is 1. The van der Waals surface area contributed by atoms with E-state index < -0.39 is 0 Å². The van der Waals surface area contributed by atoms with Crippen LogP contribution in [0.4, 0.5) is 0 Å². The summed E-state index contributed by atoms with van der Waals surface area (Å²) in [6, 6.07) is 5.61. The van der Waals surface area contributed by atoms with Crippen molar-refractivity contribution in [2.45, 2.75) is 12.5 Å². The van der Waals surface area contributed by atoms with Gasteiger partial charge in [0.15, 0.2) is 0 Å². The molecule has 1 aromatic carbocycles. The molecule has 1 aromatic heterocycles. The second-order valence-electron chi connectivity index (χ2n) is 3.97. The summed E-state index contributed by atoms with van der Waals surface area (Å²) in [6.45, 7) is 0. The third kappa shape index (κ3) is 3.09. The van der Waals surface area contributed by atoms with Gasteiger partial charge in [-0.2, -0.15) is 0 Å². The summed E-state index contributed by atoms with van der Waals surface area (Å²) in [7, 11) is 1.96. The summed E-state index contributed by atoms with van der Waals surface area (Å²) >= 11 is 9.41. The summed E-state index contributed by atoms with van der Waals surface area (Å²) in [5.74, 6) is 0.966. The number of imidazole rings is 1. The first-order chi connectivity index (χ1) is 8.06. The molecule has 0 amide bonds. The van der Waals surface area contributed by atoms with Crippen LogP contribution in [-0.2, 0) is 13.5 Å². The van der Waals surface area contributed by atoms with Gasteiger partial charge >= 0.3 is 0 Å². The highest BCUT2D eigenvalue weighted by atomic mass is 79.9. The second kappa shape index (κ2) is 5.21. The zero-order valence-corrected chi connectivity index (χ0v) is 11.7. The predicted molar refractivity (Wildman–Crippen MR) is 73.0 cm³/mol. The van der Waals surface area contributed by atoms with E-state index in [4.69, 9.17) is 17.3 Å². The molecule has 1 atom stereocenters. The normalized spacial score (nSPS) is 12.7. The average molecular weight is 315 g/mol. The van der Waals surface area contributed by atoms with Gasteiger partial charge in [-0.15, -0.1) is 0 Å². The molecule has 5 heteroatoms. The Bertz CT molecular complexity index is 504. The molecular weight excluding hydrogens is 302 g/mol. The molecule has 2 rings (SSSR count). The maximum atomic E-state index is 6.16. The molecule has 0 saturated heterocycles. The van der Waals surface area contributed by atoms with Gasteiger partial charge in [-0.05, 0) is 23.8 Å². The van der Waals surface area contributed by atoms with E-state index in [1.807, 2.05) is 36.0 Å². The number of hydrogen-bond acceptors (Lipinski definition) is 2. The fraction of sp³-hybridized carbons (Fsp3) is 0.250. The minimum atomic E-state index is -0.105. The van der Waals surface area contributed by atoms with Crippen molar-refractivity contribution >= 4 is 27.5 Å². The topological polar surface area (TPSA) is 43.8 Å². The standard InChI is InChI=1S/C12H13BrClN3/c1-17-3-2-16-12(17)7-11(15)8-4-9(13)6-10(14)5-8/h2-6,11H,7,15H2,1H3. The smallest absolute Gasteiger partial charge is 0.110 e. The quantitative estimate of drug-likeness (QED) is 0.946. The molecule has 17 heavy (non-hydrogen) atoms. The number of aromatic nitrogens is 2. The molecule has 0 aliphatic rings. The maximum Gasteiger partial charge on any atom is 0.110 e. The van der Waals surface area contributed by atoms with E-state index in [0.29, 0.717) is 11.4 Å². The lowest BCUT2D eigenvalue weighted by molar-refractivity contribution is 0.659. The lowest BCUT2D eigenvalue weighted by Gasteiger charge is -2.12. The van der Waals surface area contributed by atoms with Crippen LogP contribution >= 0.6 is 27.5 Å². The van der Waals surface area contributed by atoms with Crippen molar-refractivity contribution in [3.63, 3.8) is 0 Å². The van der Waals surface area contributed by atoms with E-state index in [0.717, 1.165) is 15.9 Å². The van der Waals surface area contributed by atoms with Crippen LogP contribution in [0.1, 0.15) is 17.4 Å². The van der Waals surface area contributed by atoms with E-state index >= 15 is 0 Å². The lowest BCUT2D eigenvalue weighted by atomic mass is 10.0. The van der Waals surface area contributed by atoms with Crippen LogP contribution in [0, 0.1) is 0 Å². The summed E-state index contributed by atoms with van der Waals surface area (Å²) in [5, 5.41) is 0.685. The largest absolute Gasteiger partial charge is 0.338 e. The highest BCUT2D eigenvalue weighted by molar-refractivity contribution is 9.10. The van der Waals surface area contributed by atoms with Gasteiger partial charge in [0.05, 0.1) is 0 Å².